The summed E-state index contributed by atoms with van der Waals surface area (Å²) in [5, 5.41) is 4.83. The highest BCUT2D eigenvalue weighted by molar-refractivity contribution is 7.94. The van der Waals surface area contributed by atoms with E-state index in [0.717, 1.165) is 28.0 Å². The Morgan fingerprint density at radius 1 is 0.844 bits per heavy atom. The molecule has 0 aliphatic rings. The van der Waals surface area contributed by atoms with Crippen LogP contribution in [0.1, 0.15) is 33.1 Å². The van der Waals surface area contributed by atoms with Gasteiger partial charge in [-0.3, -0.25) is 9.52 Å². The molecule has 0 fully saturated rings. The van der Waals surface area contributed by atoms with E-state index >= 15 is 0 Å². The molecule has 0 saturated carbocycles. The number of hydrogen-bond donors (Lipinski definition) is 2. The third kappa shape index (κ3) is 4.90. The summed E-state index contributed by atoms with van der Waals surface area (Å²) in [6.07, 6.45) is 0. The van der Waals surface area contributed by atoms with E-state index in [1.807, 2.05) is 61.5 Å². The monoisotopic (exact) mass is 462 g/mol. The minimum atomic E-state index is -3.63. The Labute approximate surface area is 191 Å². The van der Waals surface area contributed by atoms with Crippen LogP contribution in [0.15, 0.2) is 101 Å². The smallest absolute Gasteiger partial charge is 0.271 e. The molecule has 1 atom stereocenters. The minimum absolute atomic E-state index is 0.239. The van der Waals surface area contributed by atoms with E-state index in [-0.39, 0.29) is 16.2 Å². The van der Waals surface area contributed by atoms with Crippen LogP contribution in [0, 0.1) is 6.92 Å². The van der Waals surface area contributed by atoms with E-state index in [2.05, 4.69) is 10.0 Å². The summed E-state index contributed by atoms with van der Waals surface area (Å²) in [6, 6.07) is 27.1. The molecule has 1 amide bonds. The molecule has 0 unspecified atom stereocenters. The molecule has 32 heavy (non-hydrogen) atoms. The van der Waals surface area contributed by atoms with Crippen molar-refractivity contribution in [3.63, 3.8) is 0 Å². The van der Waals surface area contributed by atoms with Crippen LogP contribution in [-0.4, -0.2) is 14.3 Å². The highest BCUT2D eigenvalue weighted by Crippen LogP contribution is 2.26. The third-order valence-corrected chi connectivity index (χ3v) is 7.85. The number of thiophene rings is 1. The van der Waals surface area contributed by atoms with Gasteiger partial charge in [0.2, 0.25) is 0 Å². The number of carbonyl (C=O) groups excluding carboxylic acids is 1. The second-order valence-electron chi connectivity index (χ2n) is 7.29. The first kappa shape index (κ1) is 21.8. The maximum absolute atomic E-state index is 13.0. The molecule has 5 nitrogen and oxygen atoms in total. The standard InChI is InChI=1S/C25H22N2O3S2/c1-18-8-5-6-11-22(18)24(19-9-3-2-4-10-19)26-25(28)20-13-15-21(16-14-20)27-32(29,30)23-12-7-17-31-23/h2-17,24,27H,1H3,(H,26,28)/t24-/m0/s1. The van der Waals surface area contributed by atoms with Gasteiger partial charge in [0.05, 0.1) is 6.04 Å². The van der Waals surface area contributed by atoms with E-state index < -0.39 is 10.0 Å². The van der Waals surface area contributed by atoms with Gasteiger partial charge in [-0.1, -0.05) is 60.7 Å². The second kappa shape index (κ2) is 9.38. The Morgan fingerprint density at radius 3 is 2.19 bits per heavy atom. The predicted octanol–water partition coefficient (Wildman–Crippen LogP) is 5.38. The largest absolute Gasteiger partial charge is 0.341 e. The lowest BCUT2D eigenvalue weighted by Crippen LogP contribution is -2.29. The molecule has 0 radical (unpaired) electrons. The fourth-order valence-electron chi connectivity index (χ4n) is 3.42. The number of hydrogen-bond acceptors (Lipinski definition) is 4. The normalized spacial score (nSPS) is 12.2. The van der Waals surface area contributed by atoms with Crippen LogP contribution in [0.4, 0.5) is 5.69 Å². The van der Waals surface area contributed by atoms with Gasteiger partial charge in [-0.2, -0.15) is 0 Å². The van der Waals surface area contributed by atoms with Crippen molar-refractivity contribution >= 4 is 33.0 Å². The highest BCUT2D eigenvalue weighted by atomic mass is 32.2. The van der Waals surface area contributed by atoms with Crippen LogP contribution in [0.2, 0.25) is 0 Å². The summed E-state index contributed by atoms with van der Waals surface area (Å²) in [6.45, 7) is 2.02. The van der Waals surface area contributed by atoms with Crippen molar-refractivity contribution in [3.8, 4) is 0 Å². The van der Waals surface area contributed by atoms with Crippen molar-refractivity contribution in [2.45, 2.75) is 17.2 Å². The Balaban J connectivity index is 1.55. The topological polar surface area (TPSA) is 75.3 Å². The van der Waals surface area contributed by atoms with Gasteiger partial charge in [-0.25, -0.2) is 8.42 Å². The molecule has 162 valence electrons. The molecule has 0 aliphatic heterocycles. The first-order chi connectivity index (χ1) is 15.4. The molecule has 0 aliphatic carbocycles. The molecule has 0 bridgehead atoms. The van der Waals surface area contributed by atoms with Gasteiger partial charge in [0.25, 0.3) is 15.9 Å². The summed E-state index contributed by atoms with van der Waals surface area (Å²) >= 11 is 1.15. The quantitative estimate of drug-likeness (QED) is 0.387. The number of benzene rings is 3. The van der Waals surface area contributed by atoms with Crippen LogP contribution in [-0.2, 0) is 10.0 Å². The van der Waals surface area contributed by atoms with Crippen molar-refractivity contribution in [2.24, 2.45) is 0 Å². The lowest BCUT2D eigenvalue weighted by Gasteiger charge is -2.22. The molecule has 1 heterocycles. The molecule has 1 aromatic heterocycles. The molecule has 7 heteroatoms. The van der Waals surface area contributed by atoms with Crippen molar-refractivity contribution in [1.29, 1.82) is 0 Å². The minimum Gasteiger partial charge on any atom is -0.341 e. The van der Waals surface area contributed by atoms with Crippen LogP contribution in [0.25, 0.3) is 0 Å². The molecule has 0 saturated heterocycles. The fourth-order valence-corrected chi connectivity index (χ4v) is 5.47. The Bertz CT molecular complexity index is 1300. The lowest BCUT2D eigenvalue weighted by molar-refractivity contribution is 0.0943. The zero-order valence-corrected chi connectivity index (χ0v) is 19.0. The van der Waals surface area contributed by atoms with Gasteiger partial charge in [-0.15, -0.1) is 11.3 Å². The van der Waals surface area contributed by atoms with Crippen LogP contribution in [0.3, 0.4) is 0 Å². The van der Waals surface area contributed by atoms with Crippen molar-refractivity contribution in [1.82, 2.24) is 5.32 Å². The number of rotatable bonds is 7. The molecule has 4 rings (SSSR count). The molecule has 0 spiro atoms. The van der Waals surface area contributed by atoms with E-state index in [9.17, 15) is 13.2 Å². The summed E-state index contributed by atoms with van der Waals surface area (Å²) < 4.78 is 27.6. The summed E-state index contributed by atoms with van der Waals surface area (Å²) in [5.74, 6) is -0.241. The second-order valence-corrected chi connectivity index (χ2v) is 10.1. The highest BCUT2D eigenvalue weighted by Gasteiger charge is 2.20. The fraction of sp³-hybridized carbons (Fsp3) is 0.0800. The predicted molar refractivity (Wildman–Crippen MR) is 128 cm³/mol. The molecular formula is C25H22N2O3S2. The zero-order chi connectivity index (χ0) is 22.6. The number of carbonyl (C=O) groups is 1. The van der Waals surface area contributed by atoms with Crippen LogP contribution >= 0.6 is 11.3 Å². The van der Waals surface area contributed by atoms with Gasteiger partial charge in [0.1, 0.15) is 4.21 Å². The van der Waals surface area contributed by atoms with Crippen LogP contribution < -0.4 is 10.0 Å². The number of aryl methyl sites for hydroxylation is 1. The van der Waals surface area contributed by atoms with E-state index in [1.165, 1.54) is 0 Å². The molecule has 2 N–H and O–H groups in total. The van der Waals surface area contributed by atoms with Gasteiger partial charge in [-0.05, 0) is 59.3 Å². The number of nitrogens with one attached hydrogen (secondary N) is 2. The first-order valence-corrected chi connectivity index (χ1v) is 12.4. The number of anilines is 1. The lowest BCUT2D eigenvalue weighted by atomic mass is 9.94. The maximum atomic E-state index is 13.0. The average Bonchev–Trinajstić information content (AvgIpc) is 3.35. The molecule has 4 aromatic rings. The van der Waals surface area contributed by atoms with Gasteiger partial charge in [0.15, 0.2) is 0 Å². The molecule has 3 aromatic carbocycles. The van der Waals surface area contributed by atoms with Crippen molar-refractivity contribution in [2.75, 3.05) is 4.72 Å². The Morgan fingerprint density at radius 2 is 1.53 bits per heavy atom. The maximum Gasteiger partial charge on any atom is 0.271 e. The third-order valence-electron chi connectivity index (χ3n) is 5.07. The summed E-state index contributed by atoms with van der Waals surface area (Å²) in [5.41, 5.74) is 3.93. The Kier molecular flexibility index (Phi) is 6.39. The van der Waals surface area contributed by atoms with Gasteiger partial charge < -0.3 is 5.32 Å². The Hall–Kier alpha value is -3.42. The summed E-state index contributed by atoms with van der Waals surface area (Å²) in [7, 11) is -3.63. The average molecular weight is 463 g/mol. The SMILES string of the molecule is Cc1ccccc1[C@@H](NC(=O)c1ccc(NS(=O)(=O)c2cccs2)cc1)c1ccccc1. The van der Waals surface area contributed by atoms with Crippen LogP contribution in [0.5, 0.6) is 0 Å². The van der Waals surface area contributed by atoms with Gasteiger partial charge in [0, 0.05) is 11.3 Å². The number of amides is 1. The first-order valence-electron chi connectivity index (χ1n) is 10.0. The summed E-state index contributed by atoms with van der Waals surface area (Å²) in [4.78, 5) is 13.0. The van der Waals surface area contributed by atoms with E-state index in [4.69, 9.17) is 0 Å². The van der Waals surface area contributed by atoms with Crippen molar-refractivity contribution < 1.29 is 13.2 Å². The van der Waals surface area contributed by atoms with Gasteiger partial charge >= 0.3 is 0 Å². The molecular weight excluding hydrogens is 440 g/mol. The zero-order valence-electron chi connectivity index (χ0n) is 17.4. The van der Waals surface area contributed by atoms with E-state index in [0.29, 0.717) is 11.3 Å². The van der Waals surface area contributed by atoms with E-state index in [1.54, 1.807) is 41.8 Å². The number of sulfonamides is 1. The van der Waals surface area contributed by atoms with Crippen molar-refractivity contribution in [3.05, 3.63) is 119 Å².